The fourth-order valence-electron chi connectivity index (χ4n) is 3.36. The van der Waals surface area contributed by atoms with E-state index in [4.69, 9.17) is 21.1 Å². The van der Waals surface area contributed by atoms with Crippen LogP contribution in [-0.4, -0.2) is 33.8 Å². The summed E-state index contributed by atoms with van der Waals surface area (Å²) in [7, 11) is 0. The first-order valence-electron chi connectivity index (χ1n) is 9.93. The Morgan fingerprint density at radius 2 is 1.68 bits per heavy atom. The van der Waals surface area contributed by atoms with Crippen molar-refractivity contribution in [2.45, 2.75) is 38.9 Å². The first-order chi connectivity index (χ1) is 14.8. The van der Waals surface area contributed by atoms with Crippen LogP contribution in [0.3, 0.4) is 0 Å². The minimum Gasteiger partial charge on any atom is -0.478 e. The number of halogens is 1. The maximum absolute atomic E-state index is 12.3. The van der Waals surface area contributed by atoms with Gasteiger partial charge in [-0.1, -0.05) is 54.1 Å². The highest BCUT2D eigenvalue weighted by Crippen LogP contribution is 2.32. The van der Waals surface area contributed by atoms with Gasteiger partial charge in [-0.2, -0.15) is 0 Å². The number of carboxylic acids is 1. The molecule has 3 aromatic rings. The third kappa shape index (κ3) is 5.81. The van der Waals surface area contributed by atoms with E-state index < -0.39 is 17.7 Å². The van der Waals surface area contributed by atoms with Gasteiger partial charge in [0.1, 0.15) is 5.60 Å². The zero-order chi connectivity index (χ0) is 22.4. The standard InChI is InChI=1S/C24H25ClN2O4/c1-16-15-17(2)27-23(26-16)31-21(22(28)29)24(3,19-7-5-4-6-8-19)30-14-13-18-9-11-20(25)12-10-18/h4-12,15,21H,13-14H2,1-3H3,(H,28,29). The highest BCUT2D eigenvalue weighted by atomic mass is 35.5. The molecule has 0 fully saturated rings. The zero-order valence-corrected chi connectivity index (χ0v) is 18.5. The summed E-state index contributed by atoms with van der Waals surface area (Å²) in [6.45, 7) is 5.60. The van der Waals surface area contributed by atoms with Gasteiger partial charge in [0.05, 0.1) is 6.61 Å². The molecule has 0 spiro atoms. The van der Waals surface area contributed by atoms with E-state index in [-0.39, 0.29) is 12.6 Å². The Bertz CT molecular complexity index is 1010. The summed E-state index contributed by atoms with van der Waals surface area (Å²) in [5, 5.41) is 10.7. The Kier molecular flexibility index (Phi) is 7.25. The van der Waals surface area contributed by atoms with Crippen molar-refractivity contribution < 1.29 is 19.4 Å². The predicted octanol–water partition coefficient (Wildman–Crippen LogP) is 4.75. The van der Waals surface area contributed by atoms with Crippen LogP contribution < -0.4 is 4.74 Å². The lowest BCUT2D eigenvalue weighted by Gasteiger charge is -2.35. The second kappa shape index (κ2) is 9.90. The van der Waals surface area contributed by atoms with Gasteiger partial charge < -0.3 is 14.6 Å². The van der Waals surface area contributed by atoms with E-state index in [1.54, 1.807) is 26.8 Å². The minimum absolute atomic E-state index is 0.00774. The third-order valence-corrected chi connectivity index (χ3v) is 5.21. The number of rotatable bonds is 9. The predicted molar refractivity (Wildman–Crippen MR) is 118 cm³/mol. The van der Waals surface area contributed by atoms with Gasteiger partial charge in [0.25, 0.3) is 0 Å². The van der Waals surface area contributed by atoms with Crippen molar-refractivity contribution in [2.75, 3.05) is 6.61 Å². The summed E-state index contributed by atoms with van der Waals surface area (Å²) >= 11 is 5.95. The Morgan fingerprint density at radius 3 is 2.26 bits per heavy atom. The first-order valence-corrected chi connectivity index (χ1v) is 10.3. The SMILES string of the molecule is Cc1cc(C)nc(OC(C(=O)O)C(C)(OCCc2ccc(Cl)cc2)c2ccccc2)n1. The molecule has 2 aromatic carbocycles. The molecular formula is C24H25ClN2O4. The van der Waals surface area contributed by atoms with Crippen LogP contribution in [0.1, 0.15) is 29.4 Å². The van der Waals surface area contributed by atoms with E-state index in [0.717, 1.165) is 5.56 Å². The zero-order valence-electron chi connectivity index (χ0n) is 17.7. The van der Waals surface area contributed by atoms with Gasteiger partial charge in [0.15, 0.2) is 0 Å². The van der Waals surface area contributed by atoms with E-state index in [1.165, 1.54) is 0 Å². The molecule has 31 heavy (non-hydrogen) atoms. The number of hydrogen-bond acceptors (Lipinski definition) is 5. The maximum atomic E-state index is 12.3. The molecule has 1 aromatic heterocycles. The second-order valence-electron chi connectivity index (χ2n) is 7.47. The largest absolute Gasteiger partial charge is 0.478 e. The van der Waals surface area contributed by atoms with Crippen molar-refractivity contribution in [1.82, 2.24) is 9.97 Å². The van der Waals surface area contributed by atoms with E-state index in [0.29, 0.717) is 28.4 Å². The molecule has 0 aliphatic rings. The molecule has 2 unspecified atom stereocenters. The summed E-state index contributed by atoms with van der Waals surface area (Å²) in [5.74, 6) is -1.17. The lowest BCUT2D eigenvalue weighted by Crippen LogP contribution is -2.49. The van der Waals surface area contributed by atoms with Crippen LogP contribution in [0, 0.1) is 13.8 Å². The Hall–Kier alpha value is -2.96. The van der Waals surface area contributed by atoms with Crippen molar-refractivity contribution in [3.8, 4) is 6.01 Å². The lowest BCUT2D eigenvalue weighted by molar-refractivity contribution is -0.168. The molecule has 7 heteroatoms. The molecule has 0 radical (unpaired) electrons. The van der Waals surface area contributed by atoms with Crippen LogP contribution in [0.5, 0.6) is 6.01 Å². The molecule has 162 valence electrons. The van der Waals surface area contributed by atoms with Gasteiger partial charge in [-0.05, 0) is 56.5 Å². The van der Waals surface area contributed by atoms with E-state index in [9.17, 15) is 9.90 Å². The highest BCUT2D eigenvalue weighted by molar-refractivity contribution is 6.30. The lowest BCUT2D eigenvalue weighted by atomic mass is 9.89. The van der Waals surface area contributed by atoms with E-state index >= 15 is 0 Å². The summed E-state index contributed by atoms with van der Waals surface area (Å²) < 4.78 is 12.0. The smallest absolute Gasteiger partial charge is 0.348 e. The van der Waals surface area contributed by atoms with Gasteiger partial charge in [0, 0.05) is 16.4 Å². The number of ether oxygens (including phenoxy) is 2. The van der Waals surface area contributed by atoms with Crippen molar-refractivity contribution in [3.05, 3.63) is 88.2 Å². The van der Waals surface area contributed by atoms with Gasteiger partial charge in [-0.3, -0.25) is 0 Å². The first kappa shape index (κ1) is 22.7. The van der Waals surface area contributed by atoms with Crippen molar-refractivity contribution in [2.24, 2.45) is 0 Å². The van der Waals surface area contributed by atoms with Crippen LogP contribution in [0.25, 0.3) is 0 Å². The summed E-state index contributed by atoms with van der Waals surface area (Å²) in [5.41, 5.74) is 1.82. The van der Waals surface area contributed by atoms with Gasteiger partial charge >= 0.3 is 12.0 Å². The molecule has 1 N–H and O–H groups in total. The number of aromatic nitrogens is 2. The molecule has 0 amide bonds. The molecule has 0 saturated carbocycles. The fraction of sp³-hybridized carbons (Fsp3) is 0.292. The Morgan fingerprint density at radius 1 is 1.06 bits per heavy atom. The van der Waals surface area contributed by atoms with Crippen LogP contribution in [-0.2, 0) is 21.6 Å². The van der Waals surface area contributed by atoms with Crippen molar-refractivity contribution >= 4 is 17.6 Å². The third-order valence-electron chi connectivity index (χ3n) is 4.96. The number of nitrogens with zero attached hydrogens (tertiary/aromatic N) is 2. The van der Waals surface area contributed by atoms with E-state index in [1.807, 2.05) is 54.6 Å². The average molecular weight is 441 g/mol. The van der Waals surface area contributed by atoms with Crippen LogP contribution in [0.4, 0.5) is 0 Å². The van der Waals surface area contributed by atoms with Gasteiger partial charge in [-0.15, -0.1) is 0 Å². The number of carboxylic acid groups (broad SMARTS) is 1. The molecule has 0 bridgehead atoms. The van der Waals surface area contributed by atoms with Gasteiger partial charge in [-0.25, -0.2) is 14.8 Å². The monoisotopic (exact) mass is 440 g/mol. The molecule has 1 heterocycles. The van der Waals surface area contributed by atoms with Crippen molar-refractivity contribution in [1.29, 1.82) is 0 Å². The fourth-order valence-corrected chi connectivity index (χ4v) is 3.49. The summed E-state index contributed by atoms with van der Waals surface area (Å²) in [6, 6.07) is 18.4. The number of hydrogen-bond donors (Lipinski definition) is 1. The van der Waals surface area contributed by atoms with Crippen molar-refractivity contribution in [3.63, 3.8) is 0 Å². The Balaban J connectivity index is 1.89. The number of benzene rings is 2. The van der Waals surface area contributed by atoms with Gasteiger partial charge in [0.2, 0.25) is 6.10 Å². The van der Waals surface area contributed by atoms with E-state index in [2.05, 4.69) is 9.97 Å². The molecule has 0 saturated heterocycles. The molecular weight excluding hydrogens is 416 g/mol. The maximum Gasteiger partial charge on any atom is 0.348 e. The highest BCUT2D eigenvalue weighted by Gasteiger charge is 2.44. The molecule has 0 aliphatic carbocycles. The normalized spacial score (nSPS) is 13.9. The topological polar surface area (TPSA) is 81.5 Å². The minimum atomic E-state index is -1.36. The molecule has 0 aliphatic heterocycles. The second-order valence-corrected chi connectivity index (χ2v) is 7.90. The average Bonchev–Trinajstić information content (AvgIpc) is 2.73. The van der Waals surface area contributed by atoms with Crippen LogP contribution in [0.15, 0.2) is 60.7 Å². The van der Waals surface area contributed by atoms with Crippen LogP contribution in [0.2, 0.25) is 5.02 Å². The number of aliphatic carboxylic acids is 1. The number of carbonyl (C=O) groups is 1. The molecule has 2 atom stereocenters. The van der Waals surface area contributed by atoms with Crippen LogP contribution >= 0.6 is 11.6 Å². The summed E-state index contributed by atoms with van der Waals surface area (Å²) in [6.07, 6.45) is -0.771. The molecule has 3 rings (SSSR count). The Labute approximate surface area is 186 Å². The quantitative estimate of drug-likeness (QED) is 0.517. The number of aryl methyl sites for hydroxylation is 2. The summed E-state index contributed by atoms with van der Waals surface area (Å²) in [4.78, 5) is 20.8. The molecule has 6 nitrogen and oxygen atoms in total.